The fourth-order valence-corrected chi connectivity index (χ4v) is 3.22. The van der Waals surface area contributed by atoms with Crippen LogP contribution < -0.4 is 10.1 Å². The Morgan fingerprint density at radius 1 is 1.00 bits per heavy atom. The second-order valence-corrected chi connectivity index (χ2v) is 7.20. The van der Waals surface area contributed by atoms with Gasteiger partial charge in [0.2, 0.25) is 0 Å². The van der Waals surface area contributed by atoms with E-state index in [4.69, 9.17) is 40.2 Å². The molecule has 0 spiro atoms. The summed E-state index contributed by atoms with van der Waals surface area (Å²) in [5.74, 6) is 1.49. The highest BCUT2D eigenvalue weighted by atomic mass is 35.5. The standard InChI is InChI=1S/C21H18Cl2N2OS/c1-2-18-21(23)19(11-12-24-18)25-20(27)13-14-3-7-16(8-4-14)26-17-9-5-15(22)6-10-17/h3-12H,2,13H2,1H3,(H,24,25,27). The first-order chi connectivity index (χ1) is 13.0. The maximum absolute atomic E-state index is 6.35. The van der Waals surface area contributed by atoms with Gasteiger partial charge in [-0.1, -0.05) is 54.5 Å². The van der Waals surface area contributed by atoms with Crippen LogP contribution in [0.5, 0.6) is 11.5 Å². The Labute approximate surface area is 174 Å². The van der Waals surface area contributed by atoms with Gasteiger partial charge in [-0.2, -0.15) is 0 Å². The lowest BCUT2D eigenvalue weighted by atomic mass is 10.1. The van der Waals surface area contributed by atoms with Crippen molar-refractivity contribution < 1.29 is 4.74 Å². The van der Waals surface area contributed by atoms with Crippen LogP contribution in [-0.4, -0.2) is 9.97 Å². The molecule has 0 bridgehead atoms. The molecule has 0 aliphatic carbocycles. The smallest absolute Gasteiger partial charge is 0.127 e. The highest BCUT2D eigenvalue weighted by molar-refractivity contribution is 7.80. The van der Waals surface area contributed by atoms with Crippen molar-refractivity contribution in [2.75, 3.05) is 5.32 Å². The molecule has 138 valence electrons. The van der Waals surface area contributed by atoms with Gasteiger partial charge in [0.05, 0.1) is 21.4 Å². The molecule has 3 nitrogen and oxygen atoms in total. The molecule has 0 radical (unpaired) electrons. The summed E-state index contributed by atoms with van der Waals surface area (Å²) in [4.78, 5) is 4.95. The fourth-order valence-electron chi connectivity index (χ4n) is 2.52. The number of thiocarbonyl (C=S) groups is 1. The zero-order chi connectivity index (χ0) is 19.2. The molecular weight excluding hydrogens is 399 g/mol. The molecule has 6 heteroatoms. The quantitative estimate of drug-likeness (QED) is 0.451. The molecule has 0 atom stereocenters. The fraction of sp³-hybridized carbons (Fsp3) is 0.143. The summed E-state index contributed by atoms with van der Waals surface area (Å²) in [6, 6.07) is 16.9. The summed E-state index contributed by atoms with van der Waals surface area (Å²) in [5, 5.41) is 4.51. The van der Waals surface area contributed by atoms with Gasteiger partial charge in [-0.25, -0.2) is 0 Å². The SMILES string of the molecule is CCc1nccc(NC(=S)Cc2ccc(Oc3ccc(Cl)cc3)cc2)c1Cl. The van der Waals surface area contributed by atoms with Crippen molar-refractivity contribution in [3.05, 3.63) is 82.1 Å². The van der Waals surface area contributed by atoms with Crippen molar-refractivity contribution in [1.82, 2.24) is 4.98 Å². The van der Waals surface area contributed by atoms with E-state index in [2.05, 4.69) is 10.3 Å². The van der Waals surface area contributed by atoms with E-state index in [1.54, 1.807) is 18.3 Å². The van der Waals surface area contributed by atoms with Crippen molar-refractivity contribution in [3.8, 4) is 11.5 Å². The minimum Gasteiger partial charge on any atom is -0.457 e. The molecule has 0 amide bonds. The zero-order valence-corrected chi connectivity index (χ0v) is 17.0. The minimum absolute atomic E-state index is 0.608. The minimum atomic E-state index is 0.608. The molecule has 0 saturated heterocycles. The van der Waals surface area contributed by atoms with Gasteiger partial charge in [-0.05, 0) is 54.4 Å². The molecule has 0 saturated carbocycles. The second-order valence-electron chi connectivity index (χ2n) is 5.90. The third-order valence-corrected chi connectivity index (χ3v) is 4.83. The number of hydrogen-bond donors (Lipinski definition) is 1. The van der Waals surface area contributed by atoms with E-state index in [0.717, 1.165) is 34.9 Å². The second kappa shape index (κ2) is 9.18. The maximum atomic E-state index is 6.35. The molecule has 0 unspecified atom stereocenters. The average Bonchev–Trinajstić information content (AvgIpc) is 2.67. The van der Waals surface area contributed by atoms with Gasteiger partial charge in [0.25, 0.3) is 0 Å². The first-order valence-corrected chi connectivity index (χ1v) is 9.67. The number of benzene rings is 2. The number of aromatic nitrogens is 1. The molecule has 1 aromatic heterocycles. The van der Waals surface area contributed by atoms with Gasteiger partial charge in [0.15, 0.2) is 0 Å². The Morgan fingerprint density at radius 3 is 2.26 bits per heavy atom. The van der Waals surface area contributed by atoms with Crippen LogP contribution in [0.25, 0.3) is 0 Å². The van der Waals surface area contributed by atoms with Gasteiger partial charge >= 0.3 is 0 Å². The molecule has 0 aliphatic heterocycles. The highest BCUT2D eigenvalue weighted by Gasteiger charge is 2.08. The molecule has 27 heavy (non-hydrogen) atoms. The molecule has 3 rings (SSSR count). The van der Waals surface area contributed by atoms with E-state index < -0.39 is 0 Å². The number of ether oxygens (including phenoxy) is 1. The third-order valence-electron chi connectivity index (χ3n) is 3.91. The topological polar surface area (TPSA) is 34.2 Å². The van der Waals surface area contributed by atoms with Crippen molar-refractivity contribution in [1.29, 1.82) is 0 Å². The van der Waals surface area contributed by atoms with Gasteiger partial charge in [0, 0.05) is 17.6 Å². The molecular formula is C21H18Cl2N2OS. The number of nitrogens with one attached hydrogen (secondary N) is 1. The van der Waals surface area contributed by atoms with Crippen molar-refractivity contribution >= 4 is 46.1 Å². The third kappa shape index (κ3) is 5.42. The Balaban J connectivity index is 1.61. The van der Waals surface area contributed by atoms with Crippen LogP contribution in [0.3, 0.4) is 0 Å². The van der Waals surface area contributed by atoms with E-state index in [0.29, 0.717) is 21.5 Å². The molecule has 1 heterocycles. The van der Waals surface area contributed by atoms with Crippen LogP contribution >= 0.6 is 35.4 Å². The summed E-state index contributed by atoms with van der Waals surface area (Å²) in [7, 11) is 0. The first-order valence-electron chi connectivity index (χ1n) is 8.50. The summed E-state index contributed by atoms with van der Waals surface area (Å²) in [5.41, 5.74) is 2.72. The Kier molecular flexibility index (Phi) is 6.67. The molecule has 1 N–H and O–H groups in total. The van der Waals surface area contributed by atoms with Crippen molar-refractivity contribution in [2.45, 2.75) is 19.8 Å². The van der Waals surface area contributed by atoms with E-state index in [-0.39, 0.29) is 0 Å². The van der Waals surface area contributed by atoms with E-state index >= 15 is 0 Å². The van der Waals surface area contributed by atoms with Crippen LogP contribution in [0.4, 0.5) is 5.69 Å². The van der Waals surface area contributed by atoms with Crippen LogP contribution in [0.1, 0.15) is 18.2 Å². The van der Waals surface area contributed by atoms with Gasteiger partial charge in [-0.15, -0.1) is 0 Å². The predicted molar refractivity (Wildman–Crippen MR) is 117 cm³/mol. The lowest BCUT2D eigenvalue weighted by Gasteiger charge is -2.12. The number of aryl methyl sites for hydroxylation is 1. The van der Waals surface area contributed by atoms with Crippen LogP contribution in [0, 0.1) is 0 Å². The Bertz CT molecular complexity index is 928. The zero-order valence-electron chi connectivity index (χ0n) is 14.7. The van der Waals surface area contributed by atoms with E-state index in [1.165, 1.54) is 0 Å². The Hall–Kier alpha value is -2.14. The normalized spacial score (nSPS) is 10.5. The number of halogens is 2. The van der Waals surface area contributed by atoms with Crippen LogP contribution in [0.15, 0.2) is 60.8 Å². The summed E-state index contributed by atoms with van der Waals surface area (Å²) in [6.07, 6.45) is 3.12. The van der Waals surface area contributed by atoms with E-state index in [9.17, 15) is 0 Å². The van der Waals surface area contributed by atoms with Crippen LogP contribution in [0.2, 0.25) is 10.0 Å². The molecule has 0 aliphatic rings. The number of nitrogens with zero attached hydrogens (tertiary/aromatic N) is 1. The first kappa shape index (κ1) is 19.6. The number of pyridine rings is 1. The number of anilines is 1. The molecule has 0 fully saturated rings. The maximum Gasteiger partial charge on any atom is 0.127 e. The van der Waals surface area contributed by atoms with Crippen molar-refractivity contribution in [2.24, 2.45) is 0 Å². The largest absolute Gasteiger partial charge is 0.457 e. The van der Waals surface area contributed by atoms with Crippen LogP contribution in [-0.2, 0) is 12.8 Å². The monoisotopic (exact) mass is 416 g/mol. The van der Waals surface area contributed by atoms with Crippen molar-refractivity contribution in [3.63, 3.8) is 0 Å². The summed E-state index contributed by atoms with van der Waals surface area (Å²) in [6.45, 7) is 2.02. The predicted octanol–water partition coefficient (Wildman–Crippen LogP) is 6.73. The van der Waals surface area contributed by atoms with Gasteiger partial charge in [-0.3, -0.25) is 4.98 Å². The summed E-state index contributed by atoms with van der Waals surface area (Å²) >= 11 is 17.7. The lowest BCUT2D eigenvalue weighted by molar-refractivity contribution is 0.482. The summed E-state index contributed by atoms with van der Waals surface area (Å²) < 4.78 is 5.80. The van der Waals surface area contributed by atoms with E-state index in [1.807, 2.05) is 49.4 Å². The van der Waals surface area contributed by atoms with Gasteiger partial charge < -0.3 is 10.1 Å². The lowest BCUT2D eigenvalue weighted by Crippen LogP contribution is -2.13. The Morgan fingerprint density at radius 2 is 1.63 bits per heavy atom. The molecule has 2 aromatic carbocycles. The molecule has 3 aromatic rings. The highest BCUT2D eigenvalue weighted by Crippen LogP contribution is 2.26. The number of hydrogen-bond acceptors (Lipinski definition) is 3. The number of rotatable bonds is 6. The van der Waals surface area contributed by atoms with Gasteiger partial charge in [0.1, 0.15) is 11.5 Å². The average molecular weight is 417 g/mol.